The van der Waals surface area contributed by atoms with E-state index >= 15 is 0 Å². The summed E-state index contributed by atoms with van der Waals surface area (Å²) in [6.07, 6.45) is 5.02. The van der Waals surface area contributed by atoms with Gasteiger partial charge in [-0.2, -0.15) is 5.10 Å². The fourth-order valence-corrected chi connectivity index (χ4v) is 2.12. The second-order valence-corrected chi connectivity index (χ2v) is 7.58. The lowest BCUT2D eigenvalue weighted by atomic mass is 9.82. The number of hydrogen-bond acceptors (Lipinski definition) is 3. The minimum Gasteiger partial charge on any atom is -0.399 e. The van der Waals surface area contributed by atoms with E-state index in [1.54, 1.807) is 0 Å². The van der Waals surface area contributed by atoms with E-state index in [9.17, 15) is 0 Å². The molecule has 0 spiro atoms. The molecular formula is C15H27BN2O2. The van der Waals surface area contributed by atoms with Crippen molar-refractivity contribution in [1.29, 1.82) is 0 Å². The maximum absolute atomic E-state index is 6.04. The first-order valence-electron chi connectivity index (χ1n) is 7.44. The molecule has 5 heteroatoms. The van der Waals surface area contributed by atoms with Crippen LogP contribution >= 0.6 is 0 Å². The van der Waals surface area contributed by atoms with E-state index in [0.717, 1.165) is 18.4 Å². The van der Waals surface area contributed by atoms with Crippen molar-refractivity contribution in [2.45, 2.75) is 72.6 Å². The molecule has 1 aromatic heterocycles. The van der Waals surface area contributed by atoms with Crippen LogP contribution in [0.2, 0.25) is 0 Å². The van der Waals surface area contributed by atoms with Gasteiger partial charge in [0.15, 0.2) is 0 Å². The molecule has 2 heterocycles. The van der Waals surface area contributed by atoms with Crippen molar-refractivity contribution in [3.05, 3.63) is 12.4 Å². The zero-order valence-electron chi connectivity index (χ0n) is 13.9. The lowest BCUT2D eigenvalue weighted by Crippen LogP contribution is -2.41. The molecule has 1 fully saturated rings. The lowest BCUT2D eigenvalue weighted by Gasteiger charge is -2.32. The summed E-state index contributed by atoms with van der Waals surface area (Å²) in [5, 5.41) is 4.45. The van der Waals surface area contributed by atoms with Crippen LogP contribution in [-0.2, 0) is 15.9 Å². The van der Waals surface area contributed by atoms with E-state index in [4.69, 9.17) is 9.31 Å². The van der Waals surface area contributed by atoms with Crippen LogP contribution in [0.15, 0.2) is 12.4 Å². The van der Waals surface area contributed by atoms with Gasteiger partial charge in [0, 0.05) is 24.4 Å². The molecule has 0 amide bonds. The van der Waals surface area contributed by atoms with Crippen LogP contribution in [0, 0.1) is 5.41 Å². The number of aromatic nitrogens is 2. The van der Waals surface area contributed by atoms with Crippen LogP contribution in [0.1, 0.15) is 54.9 Å². The Hall–Kier alpha value is -0.805. The third kappa shape index (κ3) is 2.94. The molecule has 4 nitrogen and oxygen atoms in total. The van der Waals surface area contributed by atoms with Gasteiger partial charge in [0.2, 0.25) is 0 Å². The molecule has 0 N–H and O–H groups in total. The first kappa shape index (κ1) is 15.6. The monoisotopic (exact) mass is 278 g/mol. The molecule has 20 heavy (non-hydrogen) atoms. The lowest BCUT2D eigenvalue weighted by molar-refractivity contribution is 0.00578. The van der Waals surface area contributed by atoms with Crippen molar-refractivity contribution in [2.75, 3.05) is 0 Å². The number of nitrogens with zero attached hydrogens (tertiary/aromatic N) is 2. The van der Waals surface area contributed by atoms with Gasteiger partial charge in [-0.25, -0.2) is 0 Å². The Labute approximate surface area is 123 Å². The van der Waals surface area contributed by atoms with Crippen molar-refractivity contribution in [3.63, 3.8) is 0 Å². The second-order valence-electron chi connectivity index (χ2n) is 7.58. The highest BCUT2D eigenvalue weighted by Gasteiger charge is 2.52. The van der Waals surface area contributed by atoms with E-state index < -0.39 is 0 Å². The first-order valence-corrected chi connectivity index (χ1v) is 7.44. The zero-order valence-corrected chi connectivity index (χ0v) is 13.9. The van der Waals surface area contributed by atoms with Gasteiger partial charge in [0.1, 0.15) is 0 Å². The third-order valence-electron chi connectivity index (χ3n) is 4.73. The van der Waals surface area contributed by atoms with E-state index in [1.165, 1.54) is 0 Å². The van der Waals surface area contributed by atoms with Crippen molar-refractivity contribution < 1.29 is 9.31 Å². The smallest absolute Gasteiger partial charge is 0.399 e. The van der Waals surface area contributed by atoms with Crippen molar-refractivity contribution in [2.24, 2.45) is 5.41 Å². The summed E-state index contributed by atoms with van der Waals surface area (Å²) < 4.78 is 14.1. The van der Waals surface area contributed by atoms with Gasteiger partial charge in [-0.05, 0) is 39.5 Å². The predicted molar refractivity (Wildman–Crippen MR) is 82.0 cm³/mol. The van der Waals surface area contributed by atoms with Crippen LogP contribution in [0.5, 0.6) is 0 Å². The molecule has 1 aliphatic heterocycles. The van der Waals surface area contributed by atoms with E-state index in [0.29, 0.717) is 0 Å². The fourth-order valence-electron chi connectivity index (χ4n) is 2.12. The predicted octanol–water partition coefficient (Wildman–Crippen LogP) is 2.62. The summed E-state index contributed by atoms with van der Waals surface area (Å²) in [5.74, 6) is 0. The average Bonchev–Trinajstić information content (AvgIpc) is 2.82. The summed E-state index contributed by atoms with van der Waals surface area (Å²) >= 11 is 0. The van der Waals surface area contributed by atoms with E-state index in [-0.39, 0.29) is 23.7 Å². The van der Waals surface area contributed by atoms with Gasteiger partial charge >= 0.3 is 7.12 Å². The minimum absolute atomic E-state index is 0.249. The molecule has 0 aromatic carbocycles. The molecule has 0 saturated carbocycles. The Morgan fingerprint density at radius 1 is 1.20 bits per heavy atom. The van der Waals surface area contributed by atoms with Gasteiger partial charge in [-0.1, -0.05) is 20.8 Å². The van der Waals surface area contributed by atoms with Crippen LogP contribution in [0.4, 0.5) is 0 Å². The average molecular weight is 278 g/mol. The molecule has 1 saturated heterocycles. The summed E-state index contributed by atoms with van der Waals surface area (Å²) in [7, 11) is -0.321. The minimum atomic E-state index is -0.321. The Kier molecular flexibility index (Phi) is 3.80. The largest absolute Gasteiger partial charge is 0.498 e. The number of hydrogen-bond donors (Lipinski definition) is 0. The quantitative estimate of drug-likeness (QED) is 0.794. The molecule has 2 rings (SSSR count). The van der Waals surface area contributed by atoms with Gasteiger partial charge in [0.05, 0.1) is 11.2 Å². The van der Waals surface area contributed by atoms with Gasteiger partial charge in [-0.3, -0.25) is 4.68 Å². The van der Waals surface area contributed by atoms with E-state index in [2.05, 4.69) is 53.6 Å². The van der Waals surface area contributed by atoms with Gasteiger partial charge < -0.3 is 9.31 Å². The first-order chi connectivity index (χ1) is 9.06. The normalized spacial score (nSPS) is 21.4. The van der Waals surface area contributed by atoms with E-state index in [1.807, 2.05) is 17.1 Å². The van der Waals surface area contributed by atoms with Crippen LogP contribution in [0.3, 0.4) is 0 Å². The van der Waals surface area contributed by atoms with Crippen molar-refractivity contribution >= 4 is 12.6 Å². The third-order valence-corrected chi connectivity index (χ3v) is 4.73. The highest BCUT2D eigenvalue weighted by molar-refractivity contribution is 6.61. The summed E-state index contributed by atoms with van der Waals surface area (Å²) in [4.78, 5) is 0. The van der Waals surface area contributed by atoms with Crippen molar-refractivity contribution in [3.8, 4) is 0 Å². The highest BCUT2D eigenvalue weighted by atomic mass is 16.7. The molecule has 0 radical (unpaired) electrons. The molecule has 1 aromatic rings. The molecule has 1 aliphatic rings. The van der Waals surface area contributed by atoms with Crippen molar-refractivity contribution in [1.82, 2.24) is 9.78 Å². The molecule has 112 valence electrons. The van der Waals surface area contributed by atoms with Crippen LogP contribution < -0.4 is 5.46 Å². The van der Waals surface area contributed by atoms with Gasteiger partial charge in [0.25, 0.3) is 0 Å². The SMILES string of the molecule is CCC(C)(C)Cn1cc(B2OC(C)(C)C(C)(C)O2)cn1. The fraction of sp³-hybridized carbons (Fsp3) is 0.800. The second kappa shape index (κ2) is 4.88. The Morgan fingerprint density at radius 3 is 2.25 bits per heavy atom. The summed E-state index contributed by atoms with van der Waals surface area (Å²) in [6.45, 7) is 15.9. The Balaban J connectivity index is 2.11. The highest BCUT2D eigenvalue weighted by Crippen LogP contribution is 2.36. The maximum atomic E-state index is 6.04. The Morgan fingerprint density at radius 2 is 1.75 bits per heavy atom. The standard InChI is InChI=1S/C15H27BN2O2/c1-8-13(2,3)11-18-10-12(9-17-18)16-19-14(4,5)15(6,7)20-16/h9-10H,8,11H2,1-7H3. The molecular weight excluding hydrogens is 251 g/mol. The summed E-state index contributed by atoms with van der Waals surface area (Å²) in [5.41, 5.74) is 0.639. The molecule has 0 unspecified atom stereocenters. The van der Waals surface area contributed by atoms with Gasteiger partial charge in [-0.15, -0.1) is 0 Å². The maximum Gasteiger partial charge on any atom is 0.498 e. The zero-order chi connectivity index (χ0) is 15.2. The topological polar surface area (TPSA) is 36.3 Å². The number of rotatable bonds is 4. The summed E-state index contributed by atoms with van der Waals surface area (Å²) in [6, 6.07) is 0. The molecule has 0 atom stereocenters. The van der Waals surface area contributed by atoms with Crippen LogP contribution in [0.25, 0.3) is 0 Å². The molecule has 0 aliphatic carbocycles. The Bertz CT molecular complexity index is 464. The molecule has 0 bridgehead atoms. The van der Waals surface area contributed by atoms with Crippen LogP contribution in [-0.4, -0.2) is 28.1 Å².